The molecule has 1 atom stereocenters. The van der Waals surface area contributed by atoms with Gasteiger partial charge in [-0.25, -0.2) is 4.99 Å². The number of anilines is 1. The Morgan fingerprint density at radius 1 is 1.00 bits per heavy atom. The quantitative estimate of drug-likeness (QED) is 0.779. The largest absolute Gasteiger partial charge is 0.272 e. The van der Waals surface area contributed by atoms with Gasteiger partial charge in [0.1, 0.15) is 6.04 Å². The molecule has 2 aromatic carbocycles. The number of amides is 1. The maximum Gasteiger partial charge on any atom is 0.258 e. The Balaban J connectivity index is 1.84. The van der Waals surface area contributed by atoms with Crippen LogP contribution >= 0.6 is 11.8 Å². The lowest BCUT2D eigenvalue weighted by Gasteiger charge is -2.20. The zero-order valence-electron chi connectivity index (χ0n) is 15.2. The Kier molecular flexibility index (Phi) is 5.28. The second kappa shape index (κ2) is 7.44. The molecule has 3 rings (SSSR count). The van der Waals surface area contributed by atoms with Gasteiger partial charge in [0.05, 0.1) is 5.69 Å². The molecule has 1 unspecified atom stereocenters. The van der Waals surface area contributed by atoms with Gasteiger partial charge >= 0.3 is 0 Å². The van der Waals surface area contributed by atoms with E-state index in [2.05, 4.69) is 31.2 Å². The summed E-state index contributed by atoms with van der Waals surface area (Å²) in [6.45, 7) is 8.23. The van der Waals surface area contributed by atoms with E-state index in [4.69, 9.17) is 4.99 Å². The number of amidine groups is 1. The highest BCUT2D eigenvalue weighted by Crippen LogP contribution is 2.30. The molecule has 130 valence electrons. The average Bonchev–Trinajstić information content (AvgIpc) is 2.92. The Hall–Kier alpha value is -2.07. The summed E-state index contributed by atoms with van der Waals surface area (Å²) in [5.41, 5.74) is 4.57. The number of aryl methyl sites for hydroxylation is 2. The Labute approximate surface area is 154 Å². The molecular formula is C21H24N2OS. The fourth-order valence-corrected chi connectivity index (χ4v) is 3.76. The van der Waals surface area contributed by atoms with Crippen molar-refractivity contribution in [2.24, 2.45) is 10.9 Å². The normalized spacial score (nSPS) is 17.3. The molecule has 3 nitrogen and oxygen atoms in total. The van der Waals surface area contributed by atoms with Gasteiger partial charge in [0.15, 0.2) is 5.17 Å². The molecule has 0 saturated carbocycles. The molecule has 0 saturated heterocycles. The first-order valence-corrected chi connectivity index (χ1v) is 9.61. The molecule has 1 aliphatic rings. The molecule has 0 aliphatic carbocycles. The van der Waals surface area contributed by atoms with Gasteiger partial charge < -0.3 is 0 Å². The molecule has 0 spiro atoms. The van der Waals surface area contributed by atoms with Crippen LogP contribution in [-0.4, -0.2) is 17.1 Å². The summed E-state index contributed by atoms with van der Waals surface area (Å²) >= 11 is 1.63. The molecule has 1 aliphatic heterocycles. The van der Waals surface area contributed by atoms with Gasteiger partial charge in [-0.2, -0.15) is 0 Å². The number of hydrogen-bond acceptors (Lipinski definition) is 3. The molecule has 0 bridgehead atoms. The fraction of sp³-hybridized carbons (Fsp3) is 0.333. The van der Waals surface area contributed by atoms with E-state index in [-0.39, 0.29) is 17.9 Å². The van der Waals surface area contributed by atoms with Crippen molar-refractivity contribution < 1.29 is 4.79 Å². The molecule has 0 aromatic heterocycles. The van der Waals surface area contributed by atoms with Gasteiger partial charge in [-0.15, -0.1) is 0 Å². The van der Waals surface area contributed by atoms with Crippen LogP contribution < -0.4 is 4.90 Å². The van der Waals surface area contributed by atoms with Crippen molar-refractivity contribution in [3.05, 3.63) is 65.2 Å². The summed E-state index contributed by atoms with van der Waals surface area (Å²) in [4.78, 5) is 19.4. The third-order valence-corrected chi connectivity index (χ3v) is 5.35. The highest BCUT2D eigenvalue weighted by atomic mass is 32.2. The summed E-state index contributed by atoms with van der Waals surface area (Å²) in [7, 11) is 0. The van der Waals surface area contributed by atoms with Crippen LogP contribution in [0.4, 0.5) is 5.69 Å². The van der Waals surface area contributed by atoms with E-state index in [1.54, 1.807) is 16.7 Å². The first-order valence-electron chi connectivity index (χ1n) is 8.62. The van der Waals surface area contributed by atoms with Crippen molar-refractivity contribution in [3.8, 4) is 0 Å². The molecule has 2 aromatic rings. The van der Waals surface area contributed by atoms with Crippen LogP contribution in [0.2, 0.25) is 0 Å². The number of benzene rings is 2. The third-order valence-electron chi connectivity index (χ3n) is 4.33. The maximum absolute atomic E-state index is 12.9. The van der Waals surface area contributed by atoms with Crippen LogP contribution in [0.3, 0.4) is 0 Å². The summed E-state index contributed by atoms with van der Waals surface area (Å²) in [6.07, 6.45) is 0. The second-order valence-corrected chi connectivity index (χ2v) is 7.83. The van der Waals surface area contributed by atoms with Crippen LogP contribution in [0, 0.1) is 19.8 Å². The summed E-state index contributed by atoms with van der Waals surface area (Å²) in [6, 6.07) is 16.3. The van der Waals surface area contributed by atoms with E-state index >= 15 is 0 Å². The van der Waals surface area contributed by atoms with E-state index in [1.807, 2.05) is 45.0 Å². The van der Waals surface area contributed by atoms with Gasteiger partial charge in [0, 0.05) is 5.75 Å². The Morgan fingerprint density at radius 3 is 2.12 bits per heavy atom. The van der Waals surface area contributed by atoms with Gasteiger partial charge in [-0.1, -0.05) is 73.1 Å². The zero-order chi connectivity index (χ0) is 18.0. The number of nitrogens with zero attached hydrogens (tertiary/aromatic N) is 2. The van der Waals surface area contributed by atoms with Gasteiger partial charge in [-0.3, -0.25) is 9.69 Å². The third kappa shape index (κ3) is 3.96. The van der Waals surface area contributed by atoms with Gasteiger partial charge in [-0.05, 0) is 37.5 Å². The predicted octanol–water partition coefficient (Wildman–Crippen LogP) is 4.96. The van der Waals surface area contributed by atoms with E-state index in [0.29, 0.717) is 0 Å². The number of hydrogen-bond donors (Lipinski definition) is 0. The van der Waals surface area contributed by atoms with Crippen LogP contribution in [0.1, 0.15) is 30.5 Å². The molecule has 1 amide bonds. The van der Waals surface area contributed by atoms with Crippen molar-refractivity contribution in [1.29, 1.82) is 0 Å². The first-order chi connectivity index (χ1) is 12.0. The summed E-state index contributed by atoms with van der Waals surface area (Å²) in [5.74, 6) is 1.07. The Morgan fingerprint density at radius 2 is 1.56 bits per heavy atom. The topological polar surface area (TPSA) is 32.7 Å². The first kappa shape index (κ1) is 17.7. The number of thioether (sulfide) groups is 1. The van der Waals surface area contributed by atoms with E-state index in [0.717, 1.165) is 16.6 Å². The molecule has 4 heteroatoms. The zero-order valence-corrected chi connectivity index (χ0v) is 16.0. The molecule has 0 radical (unpaired) electrons. The summed E-state index contributed by atoms with van der Waals surface area (Å²) < 4.78 is 0. The molecule has 0 N–H and O–H groups in total. The maximum atomic E-state index is 12.9. The lowest BCUT2D eigenvalue weighted by molar-refractivity contribution is -0.118. The second-order valence-electron chi connectivity index (χ2n) is 6.88. The number of carbonyl (C=O) groups is 1. The van der Waals surface area contributed by atoms with Crippen molar-refractivity contribution in [2.45, 2.75) is 39.5 Å². The lowest BCUT2D eigenvalue weighted by atomic mass is 10.0. The summed E-state index contributed by atoms with van der Waals surface area (Å²) in [5, 5.41) is 0.799. The average molecular weight is 353 g/mol. The van der Waals surface area contributed by atoms with Crippen molar-refractivity contribution in [2.75, 3.05) is 4.90 Å². The SMILES string of the molecule is Cc1ccc(CSC2=NC(C(C)C)C(=O)N2c2ccc(C)cc2)cc1. The van der Waals surface area contributed by atoms with E-state index in [1.165, 1.54) is 16.7 Å². The molecule has 25 heavy (non-hydrogen) atoms. The lowest BCUT2D eigenvalue weighted by Crippen LogP contribution is -2.36. The van der Waals surface area contributed by atoms with Gasteiger partial charge in [0.2, 0.25) is 0 Å². The molecular weight excluding hydrogens is 328 g/mol. The van der Waals surface area contributed by atoms with Crippen molar-refractivity contribution >= 4 is 28.5 Å². The molecule has 0 fully saturated rings. The smallest absolute Gasteiger partial charge is 0.258 e. The fourth-order valence-electron chi connectivity index (χ4n) is 2.76. The highest BCUT2D eigenvalue weighted by molar-refractivity contribution is 8.13. The van der Waals surface area contributed by atoms with E-state index in [9.17, 15) is 4.79 Å². The minimum absolute atomic E-state index is 0.0743. The van der Waals surface area contributed by atoms with Gasteiger partial charge in [0.25, 0.3) is 5.91 Å². The van der Waals surface area contributed by atoms with Crippen molar-refractivity contribution in [1.82, 2.24) is 0 Å². The predicted molar refractivity (Wildman–Crippen MR) is 107 cm³/mol. The van der Waals surface area contributed by atoms with Crippen LogP contribution in [0.15, 0.2) is 53.5 Å². The standard InChI is InChI=1S/C21H24N2OS/c1-14(2)19-20(24)23(18-11-7-16(4)8-12-18)21(22-19)25-13-17-9-5-15(3)6-10-17/h5-12,14,19H,13H2,1-4H3. The van der Waals surface area contributed by atoms with Crippen molar-refractivity contribution in [3.63, 3.8) is 0 Å². The molecule has 1 heterocycles. The van der Waals surface area contributed by atoms with Crippen LogP contribution in [0.25, 0.3) is 0 Å². The monoisotopic (exact) mass is 352 g/mol. The number of carbonyl (C=O) groups excluding carboxylic acids is 1. The van der Waals surface area contributed by atoms with E-state index < -0.39 is 0 Å². The number of aliphatic imine (C=N–C) groups is 1. The highest BCUT2D eigenvalue weighted by Gasteiger charge is 2.37. The minimum Gasteiger partial charge on any atom is -0.272 e. The minimum atomic E-state index is -0.290. The van der Waals surface area contributed by atoms with Crippen LogP contribution in [-0.2, 0) is 10.5 Å². The van der Waals surface area contributed by atoms with Crippen LogP contribution in [0.5, 0.6) is 0 Å². The Bertz CT molecular complexity index is 779. The number of rotatable bonds is 4.